The van der Waals surface area contributed by atoms with Crippen LogP contribution in [0.5, 0.6) is 0 Å². The van der Waals surface area contributed by atoms with Gasteiger partial charge in [0, 0.05) is 18.6 Å². The van der Waals surface area contributed by atoms with Gasteiger partial charge in [-0.05, 0) is 39.7 Å². The van der Waals surface area contributed by atoms with Gasteiger partial charge in [0.2, 0.25) is 0 Å². The normalized spacial score (nSPS) is 25.4. The summed E-state index contributed by atoms with van der Waals surface area (Å²) in [5.41, 5.74) is 0. The highest BCUT2D eigenvalue weighted by Gasteiger charge is 2.14. The molecular formula is C13H25N3. The van der Waals surface area contributed by atoms with Crippen LogP contribution < -0.4 is 10.6 Å². The molecule has 0 amide bonds. The van der Waals surface area contributed by atoms with E-state index < -0.39 is 0 Å². The van der Waals surface area contributed by atoms with Gasteiger partial charge in [-0.2, -0.15) is 5.26 Å². The fourth-order valence-electron chi connectivity index (χ4n) is 2.24. The van der Waals surface area contributed by atoms with Crippen molar-refractivity contribution in [3.05, 3.63) is 0 Å². The molecule has 0 aromatic carbocycles. The Morgan fingerprint density at radius 1 is 1.38 bits per heavy atom. The predicted molar refractivity (Wildman–Crippen MR) is 67.1 cm³/mol. The summed E-state index contributed by atoms with van der Waals surface area (Å²) in [5.74, 6) is 0.115. The molecule has 0 aliphatic carbocycles. The van der Waals surface area contributed by atoms with Gasteiger partial charge in [0.15, 0.2) is 0 Å². The number of nitrogens with zero attached hydrogens (tertiary/aromatic N) is 1. The Morgan fingerprint density at radius 3 is 2.94 bits per heavy atom. The summed E-state index contributed by atoms with van der Waals surface area (Å²) in [4.78, 5) is 0. The lowest BCUT2D eigenvalue weighted by molar-refractivity contribution is 0.395. The smallest absolute Gasteiger partial charge is 0.0666 e. The molecule has 1 heterocycles. The molecule has 0 spiro atoms. The van der Waals surface area contributed by atoms with Crippen LogP contribution in [-0.4, -0.2) is 25.2 Å². The second kappa shape index (κ2) is 7.65. The zero-order valence-corrected chi connectivity index (χ0v) is 10.6. The highest BCUT2D eigenvalue weighted by atomic mass is 14.9. The third-order valence-electron chi connectivity index (χ3n) is 3.29. The van der Waals surface area contributed by atoms with E-state index in [0.717, 1.165) is 6.54 Å². The zero-order chi connectivity index (χ0) is 11.8. The number of rotatable bonds is 5. The molecular weight excluding hydrogens is 198 g/mol. The van der Waals surface area contributed by atoms with Crippen LogP contribution in [0.15, 0.2) is 0 Å². The molecule has 3 atom stereocenters. The quantitative estimate of drug-likeness (QED) is 0.750. The first-order valence-corrected chi connectivity index (χ1v) is 6.58. The third kappa shape index (κ3) is 5.48. The summed E-state index contributed by atoms with van der Waals surface area (Å²) in [5, 5.41) is 15.8. The average molecular weight is 223 g/mol. The predicted octanol–water partition coefficient (Wildman–Crippen LogP) is 2.05. The lowest BCUT2D eigenvalue weighted by Crippen LogP contribution is -2.38. The van der Waals surface area contributed by atoms with Crippen LogP contribution in [0.25, 0.3) is 0 Å². The summed E-state index contributed by atoms with van der Waals surface area (Å²) in [7, 11) is 0. The molecule has 1 fully saturated rings. The van der Waals surface area contributed by atoms with Crippen LogP contribution in [0.2, 0.25) is 0 Å². The SMILES string of the molecule is CC(C#N)CNC(C)CC1CCCCCN1. The van der Waals surface area contributed by atoms with Gasteiger partial charge in [-0.15, -0.1) is 0 Å². The molecule has 0 bridgehead atoms. The molecule has 16 heavy (non-hydrogen) atoms. The Labute approximate surface area is 99.6 Å². The highest BCUT2D eigenvalue weighted by molar-refractivity contribution is 4.82. The summed E-state index contributed by atoms with van der Waals surface area (Å²) < 4.78 is 0. The van der Waals surface area contributed by atoms with E-state index in [1.807, 2.05) is 6.92 Å². The van der Waals surface area contributed by atoms with Crippen molar-refractivity contribution >= 4 is 0 Å². The maximum atomic E-state index is 8.70. The zero-order valence-electron chi connectivity index (χ0n) is 10.6. The van der Waals surface area contributed by atoms with Gasteiger partial charge in [0.25, 0.3) is 0 Å². The molecule has 3 unspecified atom stereocenters. The Hall–Kier alpha value is -0.590. The van der Waals surface area contributed by atoms with E-state index in [9.17, 15) is 0 Å². The van der Waals surface area contributed by atoms with Gasteiger partial charge in [-0.3, -0.25) is 0 Å². The Balaban J connectivity index is 2.17. The van der Waals surface area contributed by atoms with Crippen molar-refractivity contribution in [2.75, 3.05) is 13.1 Å². The van der Waals surface area contributed by atoms with Gasteiger partial charge in [-0.1, -0.05) is 12.8 Å². The minimum absolute atomic E-state index is 0.115. The number of hydrogen-bond acceptors (Lipinski definition) is 3. The second-order valence-electron chi connectivity index (χ2n) is 5.08. The maximum Gasteiger partial charge on any atom is 0.0666 e. The Kier molecular flexibility index (Phi) is 6.44. The Morgan fingerprint density at radius 2 is 2.19 bits per heavy atom. The molecule has 3 nitrogen and oxygen atoms in total. The molecule has 0 radical (unpaired) electrons. The third-order valence-corrected chi connectivity index (χ3v) is 3.29. The first-order chi connectivity index (χ1) is 7.72. The summed E-state index contributed by atoms with van der Waals surface area (Å²) in [6.07, 6.45) is 6.54. The molecule has 1 aliphatic heterocycles. The first-order valence-electron chi connectivity index (χ1n) is 6.58. The summed E-state index contributed by atoms with van der Waals surface area (Å²) >= 11 is 0. The van der Waals surface area contributed by atoms with Gasteiger partial charge in [-0.25, -0.2) is 0 Å². The molecule has 1 rings (SSSR count). The molecule has 92 valence electrons. The van der Waals surface area contributed by atoms with Crippen molar-refractivity contribution in [3.8, 4) is 6.07 Å². The van der Waals surface area contributed by atoms with E-state index in [4.69, 9.17) is 5.26 Å². The van der Waals surface area contributed by atoms with E-state index in [1.54, 1.807) is 0 Å². The molecule has 1 saturated heterocycles. The van der Waals surface area contributed by atoms with E-state index in [0.29, 0.717) is 12.1 Å². The second-order valence-corrected chi connectivity index (χ2v) is 5.08. The minimum Gasteiger partial charge on any atom is -0.314 e. The molecule has 0 aromatic heterocycles. The van der Waals surface area contributed by atoms with Crippen LogP contribution >= 0.6 is 0 Å². The van der Waals surface area contributed by atoms with E-state index in [-0.39, 0.29) is 5.92 Å². The van der Waals surface area contributed by atoms with Crippen molar-refractivity contribution < 1.29 is 0 Å². The number of hydrogen-bond donors (Lipinski definition) is 2. The van der Waals surface area contributed by atoms with Crippen molar-refractivity contribution in [2.45, 2.75) is 58.0 Å². The standard InChI is InChI=1S/C13H25N3/c1-11(9-14)10-16-12(2)8-13-6-4-3-5-7-15-13/h11-13,15-16H,3-8,10H2,1-2H3. The molecule has 0 saturated carbocycles. The lowest BCUT2D eigenvalue weighted by atomic mass is 10.0. The minimum atomic E-state index is 0.115. The first kappa shape index (κ1) is 13.5. The Bertz CT molecular complexity index is 214. The van der Waals surface area contributed by atoms with E-state index >= 15 is 0 Å². The van der Waals surface area contributed by atoms with Crippen LogP contribution in [0, 0.1) is 17.2 Å². The average Bonchev–Trinajstić information content (AvgIpc) is 2.54. The lowest BCUT2D eigenvalue weighted by Gasteiger charge is -2.21. The molecule has 3 heteroatoms. The largest absolute Gasteiger partial charge is 0.314 e. The van der Waals surface area contributed by atoms with Gasteiger partial charge in [0.05, 0.1) is 12.0 Å². The van der Waals surface area contributed by atoms with Crippen molar-refractivity contribution in [1.29, 1.82) is 5.26 Å². The summed E-state index contributed by atoms with van der Waals surface area (Å²) in [6, 6.07) is 3.43. The molecule has 2 N–H and O–H groups in total. The number of nitriles is 1. The monoisotopic (exact) mass is 223 g/mol. The topological polar surface area (TPSA) is 47.9 Å². The summed E-state index contributed by atoms with van der Waals surface area (Å²) in [6.45, 7) is 6.16. The van der Waals surface area contributed by atoms with Crippen LogP contribution in [0.1, 0.15) is 46.0 Å². The fraction of sp³-hybridized carbons (Fsp3) is 0.923. The van der Waals surface area contributed by atoms with Crippen LogP contribution in [-0.2, 0) is 0 Å². The maximum absolute atomic E-state index is 8.70. The van der Waals surface area contributed by atoms with Crippen LogP contribution in [0.3, 0.4) is 0 Å². The number of nitrogens with one attached hydrogen (secondary N) is 2. The molecule has 0 aromatic rings. The highest BCUT2D eigenvalue weighted by Crippen LogP contribution is 2.12. The van der Waals surface area contributed by atoms with E-state index in [2.05, 4.69) is 23.6 Å². The van der Waals surface area contributed by atoms with Crippen molar-refractivity contribution in [3.63, 3.8) is 0 Å². The van der Waals surface area contributed by atoms with Gasteiger partial charge >= 0.3 is 0 Å². The van der Waals surface area contributed by atoms with Crippen molar-refractivity contribution in [2.24, 2.45) is 5.92 Å². The molecule has 1 aliphatic rings. The van der Waals surface area contributed by atoms with Crippen LogP contribution in [0.4, 0.5) is 0 Å². The fourth-order valence-corrected chi connectivity index (χ4v) is 2.24. The van der Waals surface area contributed by atoms with Gasteiger partial charge in [0.1, 0.15) is 0 Å². The van der Waals surface area contributed by atoms with E-state index in [1.165, 1.54) is 38.6 Å². The van der Waals surface area contributed by atoms with Crippen molar-refractivity contribution in [1.82, 2.24) is 10.6 Å². The van der Waals surface area contributed by atoms with Gasteiger partial charge < -0.3 is 10.6 Å².